The van der Waals surface area contributed by atoms with Crippen molar-refractivity contribution in [2.75, 3.05) is 0 Å². The van der Waals surface area contributed by atoms with Crippen LogP contribution >= 0.6 is 11.3 Å². The van der Waals surface area contributed by atoms with Crippen molar-refractivity contribution in [3.8, 4) is 17.2 Å². The van der Waals surface area contributed by atoms with E-state index in [1.54, 1.807) is 23.6 Å². The lowest BCUT2D eigenvalue weighted by Gasteiger charge is -2.12. The van der Waals surface area contributed by atoms with Crippen molar-refractivity contribution >= 4 is 11.3 Å². The van der Waals surface area contributed by atoms with Gasteiger partial charge in [0.05, 0.1) is 6.04 Å². The molecule has 18 heavy (non-hydrogen) atoms. The van der Waals surface area contributed by atoms with Gasteiger partial charge in [-0.3, -0.25) is 0 Å². The Bertz CT molecular complexity index is 528. The van der Waals surface area contributed by atoms with Crippen molar-refractivity contribution in [1.82, 2.24) is 10.3 Å². The second-order valence-corrected chi connectivity index (χ2v) is 4.84. The second kappa shape index (κ2) is 5.24. The highest BCUT2D eigenvalue weighted by atomic mass is 32.1. The standard InChI is InChI=1S/C12H14N2O3S/c1-7(12-13-4-5-18-12)14-6-8-2-3-9(15)11(17)10(8)16/h2-5,7,14-17H,6H2,1H3. The van der Waals surface area contributed by atoms with Crippen LogP contribution in [0.3, 0.4) is 0 Å². The third-order valence-electron chi connectivity index (χ3n) is 2.63. The minimum Gasteiger partial charge on any atom is -0.504 e. The maximum atomic E-state index is 9.66. The molecule has 0 spiro atoms. The van der Waals surface area contributed by atoms with Gasteiger partial charge in [-0.2, -0.15) is 0 Å². The third-order valence-corrected chi connectivity index (χ3v) is 3.59. The second-order valence-electron chi connectivity index (χ2n) is 3.91. The van der Waals surface area contributed by atoms with E-state index in [-0.39, 0.29) is 17.5 Å². The van der Waals surface area contributed by atoms with Crippen molar-refractivity contribution in [2.45, 2.75) is 19.5 Å². The molecule has 0 aliphatic rings. The number of hydrogen-bond donors (Lipinski definition) is 4. The van der Waals surface area contributed by atoms with Gasteiger partial charge in [0.1, 0.15) is 5.01 Å². The molecule has 0 aliphatic carbocycles. The fraction of sp³-hybridized carbons (Fsp3) is 0.250. The van der Waals surface area contributed by atoms with Crippen LogP contribution in [0.2, 0.25) is 0 Å². The number of benzene rings is 1. The third kappa shape index (κ3) is 2.55. The van der Waals surface area contributed by atoms with Crippen LogP contribution in [0, 0.1) is 0 Å². The number of thiazole rings is 1. The molecule has 1 aromatic heterocycles. The number of nitrogens with one attached hydrogen (secondary N) is 1. The monoisotopic (exact) mass is 266 g/mol. The number of rotatable bonds is 4. The lowest BCUT2D eigenvalue weighted by atomic mass is 10.1. The van der Waals surface area contributed by atoms with Crippen LogP contribution in [0.25, 0.3) is 0 Å². The van der Waals surface area contributed by atoms with E-state index < -0.39 is 5.75 Å². The molecule has 96 valence electrons. The molecule has 0 fully saturated rings. The average molecular weight is 266 g/mol. The van der Waals surface area contributed by atoms with Gasteiger partial charge in [0.2, 0.25) is 5.75 Å². The maximum absolute atomic E-state index is 9.66. The summed E-state index contributed by atoms with van der Waals surface area (Å²) in [5.74, 6) is -1.12. The zero-order valence-corrected chi connectivity index (χ0v) is 10.6. The molecule has 2 aromatic rings. The normalized spacial score (nSPS) is 12.5. The molecule has 0 radical (unpaired) electrons. The van der Waals surface area contributed by atoms with E-state index in [0.29, 0.717) is 12.1 Å². The molecule has 1 atom stereocenters. The van der Waals surface area contributed by atoms with Gasteiger partial charge in [0.15, 0.2) is 11.5 Å². The minimum absolute atomic E-state index is 0.0559. The van der Waals surface area contributed by atoms with Gasteiger partial charge in [-0.15, -0.1) is 11.3 Å². The number of phenols is 3. The van der Waals surface area contributed by atoms with Gasteiger partial charge < -0.3 is 20.6 Å². The number of nitrogens with zero attached hydrogens (tertiary/aromatic N) is 1. The zero-order chi connectivity index (χ0) is 13.1. The summed E-state index contributed by atoms with van der Waals surface area (Å²) in [5, 5.41) is 34.3. The Labute approximate surface area is 108 Å². The first-order valence-corrected chi connectivity index (χ1v) is 6.33. The van der Waals surface area contributed by atoms with Crippen LogP contribution in [-0.4, -0.2) is 20.3 Å². The predicted octanol–water partition coefficient (Wildman–Crippen LogP) is 2.11. The van der Waals surface area contributed by atoms with Gasteiger partial charge in [-0.1, -0.05) is 6.07 Å². The fourth-order valence-corrected chi connectivity index (χ4v) is 2.22. The Balaban J connectivity index is 2.05. The molecule has 0 bridgehead atoms. The van der Waals surface area contributed by atoms with Crippen molar-refractivity contribution in [3.63, 3.8) is 0 Å². The number of phenolic OH excluding ortho intramolecular Hbond substituents is 3. The van der Waals surface area contributed by atoms with E-state index in [1.165, 1.54) is 6.07 Å². The average Bonchev–Trinajstić information content (AvgIpc) is 2.89. The molecule has 1 heterocycles. The fourth-order valence-electron chi connectivity index (χ4n) is 1.55. The molecular weight excluding hydrogens is 252 g/mol. The van der Waals surface area contributed by atoms with Crippen LogP contribution in [0.1, 0.15) is 23.5 Å². The summed E-state index contributed by atoms with van der Waals surface area (Å²) < 4.78 is 0. The van der Waals surface area contributed by atoms with Crippen LogP contribution in [0.4, 0.5) is 0 Å². The summed E-state index contributed by atoms with van der Waals surface area (Å²) in [4.78, 5) is 4.19. The van der Waals surface area contributed by atoms with E-state index in [1.807, 2.05) is 12.3 Å². The van der Waals surface area contributed by atoms with Crippen molar-refractivity contribution in [3.05, 3.63) is 34.3 Å². The first-order chi connectivity index (χ1) is 8.59. The van der Waals surface area contributed by atoms with E-state index in [2.05, 4.69) is 10.3 Å². The van der Waals surface area contributed by atoms with Crippen LogP contribution in [-0.2, 0) is 6.54 Å². The Hall–Kier alpha value is -1.79. The van der Waals surface area contributed by atoms with E-state index in [4.69, 9.17) is 0 Å². The molecule has 1 aromatic carbocycles. The van der Waals surface area contributed by atoms with Crippen LogP contribution in [0.15, 0.2) is 23.7 Å². The number of aromatic hydroxyl groups is 3. The first kappa shape index (κ1) is 12.7. The summed E-state index contributed by atoms with van der Waals surface area (Å²) in [7, 11) is 0. The molecule has 5 nitrogen and oxygen atoms in total. The largest absolute Gasteiger partial charge is 0.504 e. The SMILES string of the molecule is CC(NCc1ccc(O)c(O)c1O)c1nccs1. The molecular formula is C12H14N2O3S. The quantitative estimate of drug-likeness (QED) is 0.637. The Kier molecular flexibility index (Phi) is 3.69. The minimum atomic E-state index is -0.490. The lowest BCUT2D eigenvalue weighted by molar-refractivity contribution is 0.363. The predicted molar refractivity (Wildman–Crippen MR) is 68.8 cm³/mol. The highest BCUT2D eigenvalue weighted by Gasteiger charge is 2.13. The molecule has 0 saturated carbocycles. The summed E-state index contributed by atoms with van der Waals surface area (Å²) >= 11 is 1.55. The smallest absolute Gasteiger partial charge is 0.200 e. The Morgan fingerprint density at radius 1 is 1.28 bits per heavy atom. The molecule has 2 rings (SSSR count). The Morgan fingerprint density at radius 2 is 2.06 bits per heavy atom. The number of aromatic nitrogens is 1. The van der Waals surface area contributed by atoms with Crippen molar-refractivity contribution < 1.29 is 15.3 Å². The summed E-state index contributed by atoms with van der Waals surface area (Å²) in [6.45, 7) is 2.34. The van der Waals surface area contributed by atoms with Gasteiger partial charge in [-0.05, 0) is 13.0 Å². The molecule has 0 saturated heterocycles. The highest BCUT2D eigenvalue weighted by Crippen LogP contribution is 2.37. The van der Waals surface area contributed by atoms with E-state index in [0.717, 1.165) is 5.01 Å². The summed E-state index contributed by atoms with van der Waals surface area (Å²) in [6, 6.07) is 2.96. The molecule has 1 unspecified atom stereocenters. The highest BCUT2D eigenvalue weighted by molar-refractivity contribution is 7.09. The van der Waals surface area contributed by atoms with E-state index >= 15 is 0 Å². The van der Waals surface area contributed by atoms with Gasteiger partial charge in [-0.25, -0.2) is 4.98 Å². The van der Waals surface area contributed by atoms with Gasteiger partial charge in [0.25, 0.3) is 0 Å². The first-order valence-electron chi connectivity index (χ1n) is 5.45. The molecule has 0 aliphatic heterocycles. The van der Waals surface area contributed by atoms with Gasteiger partial charge >= 0.3 is 0 Å². The summed E-state index contributed by atoms with van der Waals surface area (Å²) in [5.41, 5.74) is 0.522. The Morgan fingerprint density at radius 3 is 2.72 bits per heavy atom. The van der Waals surface area contributed by atoms with Crippen LogP contribution in [0.5, 0.6) is 17.2 Å². The van der Waals surface area contributed by atoms with Crippen molar-refractivity contribution in [2.24, 2.45) is 0 Å². The topological polar surface area (TPSA) is 85.6 Å². The van der Waals surface area contributed by atoms with Crippen LogP contribution < -0.4 is 5.32 Å². The van der Waals surface area contributed by atoms with Crippen molar-refractivity contribution in [1.29, 1.82) is 0 Å². The zero-order valence-electron chi connectivity index (χ0n) is 9.79. The maximum Gasteiger partial charge on any atom is 0.200 e. The summed E-state index contributed by atoms with van der Waals surface area (Å²) in [6.07, 6.45) is 1.74. The molecule has 6 heteroatoms. The lowest BCUT2D eigenvalue weighted by Crippen LogP contribution is -2.17. The van der Waals surface area contributed by atoms with Gasteiger partial charge in [0, 0.05) is 23.7 Å². The molecule has 4 N–H and O–H groups in total. The number of hydrogen-bond acceptors (Lipinski definition) is 6. The molecule has 0 amide bonds. The van der Waals surface area contributed by atoms with E-state index in [9.17, 15) is 15.3 Å².